The van der Waals surface area contributed by atoms with Gasteiger partial charge in [-0.1, -0.05) is 0 Å². The van der Waals surface area contributed by atoms with E-state index in [9.17, 15) is 4.39 Å². The summed E-state index contributed by atoms with van der Waals surface area (Å²) in [5.41, 5.74) is 0. The molecule has 0 unspecified atom stereocenters. The van der Waals surface area contributed by atoms with Gasteiger partial charge in [-0.15, -0.1) is 0 Å². The molecule has 3 heteroatoms. The van der Waals surface area contributed by atoms with Gasteiger partial charge in [0.15, 0.2) is 0 Å². The summed E-state index contributed by atoms with van der Waals surface area (Å²) in [6.07, 6.45) is 0.159. The van der Waals surface area contributed by atoms with Gasteiger partial charge < -0.3 is 5.32 Å². The lowest BCUT2D eigenvalue weighted by molar-refractivity contribution is 0.176. The van der Waals surface area contributed by atoms with E-state index >= 15 is 0 Å². The van der Waals surface area contributed by atoms with Crippen LogP contribution in [0.15, 0.2) is 0 Å². The van der Waals surface area contributed by atoms with Gasteiger partial charge >= 0.3 is 0 Å². The molecule has 0 spiro atoms. The van der Waals surface area contributed by atoms with Crippen LogP contribution in [-0.4, -0.2) is 42.8 Å². The number of piperazine rings is 1. The van der Waals surface area contributed by atoms with Crippen LogP contribution in [0.4, 0.5) is 4.39 Å². The second-order valence-electron chi connectivity index (χ2n) is 3.75. The van der Waals surface area contributed by atoms with Crippen LogP contribution in [0.3, 0.4) is 0 Å². The van der Waals surface area contributed by atoms with Crippen molar-refractivity contribution >= 4 is 0 Å². The van der Waals surface area contributed by atoms with Gasteiger partial charge in [-0.05, 0) is 13.3 Å². The summed E-state index contributed by atoms with van der Waals surface area (Å²) in [4.78, 5) is 2.27. The first-order valence-electron chi connectivity index (χ1n) is 4.37. The van der Waals surface area contributed by atoms with Gasteiger partial charge in [-0.3, -0.25) is 4.90 Å². The first-order chi connectivity index (χ1) is 5.25. The van der Waals surface area contributed by atoms with E-state index in [0.717, 1.165) is 19.5 Å². The molecule has 3 atom stereocenters. The highest BCUT2D eigenvalue weighted by atomic mass is 19.1. The fourth-order valence-electron chi connectivity index (χ4n) is 2.11. The first-order valence-corrected chi connectivity index (χ1v) is 4.37. The summed E-state index contributed by atoms with van der Waals surface area (Å²) in [6, 6.07) is 1.01. The van der Waals surface area contributed by atoms with Crippen LogP contribution in [0.25, 0.3) is 0 Å². The van der Waals surface area contributed by atoms with Gasteiger partial charge in [-0.2, -0.15) is 0 Å². The Bertz CT molecular complexity index is 151. The molecule has 0 saturated carbocycles. The van der Waals surface area contributed by atoms with Crippen molar-refractivity contribution in [2.75, 3.05) is 19.6 Å². The van der Waals surface area contributed by atoms with Gasteiger partial charge in [-0.25, -0.2) is 4.39 Å². The van der Waals surface area contributed by atoms with Crippen LogP contribution in [0.1, 0.15) is 13.3 Å². The Kier molecular flexibility index (Phi) is 1.85. The Labute approximate surface area is 66.8 Å². The molecule has 11 heavy (non-hydrogen) atoms. The first kappa shape index (κ1) is 7.50. The zero-order chi connectivity index (χ0) is 7.84. The third-order valence-corrected chi connectivity index (χ3v) is 2.69. The van der Waals surface area contributed by atoms with Gasteiger partial charge in [0.2, 0.25) is 0 Å². The Morgan fingerprint density at radius 2 is 2.27 bits per heavy atom. The Hall–Kier alpha value is -0.150. The zero-order valence-electron chi connectivity index (χ0n) is 6.89. The third kappa shape index (κ3) is 1.40. The quantitative estimate of drug-likeness (QED) is 0.548. The number of hydrogen-bond acceptors (Lipinski definition) is 2. The van der Waals surface area contributed by atoms with Crippen LogP contribution >= 0.6 is 0 Å². The summed E-state index contributed by atoms with van der Waals surface area (Å²) in [5, 5.41) is 3.37. The van der Waals surface area contributed by atoms with Crippen molar-refractivity contribution in [2.45, 2.75) is 31.6 Å². The van der Waals surface area contributed by atoms with Gasteiger partial charge in [0, 0.05) is 31.7 Å². The lowest BCUT2D eigenvalue weighted by Crippen LogP contribution is -2.52. The SMILES string of the molecule is C[C@@H]1CN2C[C@@H](F)C[C@H]2CN1. The molecule has 64 valence electrons. The summed E-state index contributed by atoms with van der Waals surface area (Å²) >= 11 is 0. The number of nitrogens with zero attached hydrogens (tertiary/aromatic N) is 1. The van der Waals surface area contributed by atoms with Crippen molar-refractivity contribution in [2.24, 2.45) is 0 Å². The Morgan fingerprint density at radius 1 is 1.45 bits per heavy atom. The molecule has 1 N–H and O–H groups in total. The maximum absolute atomic E-state index is 12.9. The van der Waals surface area contributed by atoms with E-state index in [1.807, 2.05) is 0 Å². The summed E-state index contributed by atoms with van der Waals surface area (Å²) in [5.74, 6) is 0. The van der Waals surface area contributed by atoms with Crippen molar-refractivity contribution in [3.8, 4) is 0 Å². The standard InChI is InChI=1S/C8H15FN2/c1-6-4-11-5-7(9)2-8(11)3-10-6/h6-8,10H,2-5H2,1H3/t6-,7+,8+/m1/s1. The van der Waals surface area contributed by atoms with Crippen molar-refractivity contribution < 1.29 is 4.39 Å². The van der Waals surface area contributed by atoms with E-state index in [4.69, 9.17) is 0 Å². The van der Waals surface area contributed by atoms with Crippen LogP contribution in [-0.2, 0) is 0 Å². The Morgan fingerprint density at radius 3 is 3.09 bits per heavy atom. The van der Waals surface area contributed by atoms with Crippen molar-refractivity contribution in [3.63, 3.8) is 0 Å². The summed E-state index contributed by atoms with van der Waals surface area (Å²) in [6.45, 7) is 4.81. The molecule has 0 radical (unpaired) electrons. The molecule has 0 aromatic rings. The lowest BCUT2D eigenvalue weighted by atomic mass is 10.1. The highest BCUT2D eigenvalue weighted by Crippen LogP contribution is 2.22. The smallest absolute Gasteiger partial charge is 0.114 e. The molecule has 2 aliphatic heterocycles. The van der Waals surface area contributed by atoms with Crippen molar-refractivity contribution in [3.05, 3.63) is 0 Å². The molecule has 2 heterocycles. The summed E-state index contributed by atoms with van der Waals surface area (Å²) < 4.78 is 12.9. The minimum Gasteiger partial charge on any atom is -0.311 e. The van der Waals surface area contributed by atoms with Crippen LogP contribution in [0.2, 0.25) is 0 Å². The highest BCUT2D eigenvalue weighted by Gasteiger charge is 2.35. The molecule has 2 rings (SSSR count). The monoisotopic (exact) mass is 158 g/mol. The molecule has 2 nitrogen and oxygen atoms in total. The molecule has 0 aromatic heterocycles. The van der Waals surface area contributed by atoms with E-state index < -0.39 is 6.17 Å². The lowest BCUT2D eigenvalue weighted by Gasteiger charge is -2.33. The molecule has 2 aliphatic rings. The fraction of sp³-hybridized carbons (Fsp3) is 1.00. The minimum atomic E-state index is -0.577. The molecule has 2 fully saturated rings. The molecule has 0 aliphatic carbocycles. The molecule has 0 aromatic carbocycles. The van der Waals surface area contributed by atoms with Crippen molar-refractivity contribution in [1.29, 1.82) is 0 Å². The summed E-state index contributed by atoms with van der Waals surface area (Å²) in [7, 11) is 0. The van der Waals surface area contributed by atoms with Gasteiger partial charge in [0.05, 0.1) is 0 Å². The highest BCUT2D eigenvalue weighted by molar-refractivity contribution is 4.92. The van der Waals surface area contributed by atoms with E-state index in [2.05, 4.69) is 17.1 Å². The molecule has 2 saturated heterocycles. The number of hydrogen-bond donors (Lipinski definition) is 1. The van der Waals surface area contributed by atoms with Gasteiger partial charge in [0.25, 0.3) is 0 Å². The molecule has 0 bridgehead atoms. The topological polar surface area (TPSA) is 15.3 Å². The maximum atomic E-state index is 12.9. The fourth-order valence-corrected chi connectivity index (χ4v) is 2.11. The number of alkyl halides is 1. The average molecular weight is 158 g/mol. The van der Waals surface area contributed by atoms with Crippen LogP contribution < -0.4 is 5.32 Å². The maximum Gasteiger partial charge on any atom is 0.114 e. The normalized spacial score (nSPS) is 45.8. The largest absolute Gasteiger partial charge is 0.311 e. The van der Waals surface area contributed by atoms with Crippen molar-refractivity contribution in [1.82, 2.24) is 10.2 Å². The second-order valence-corrected chi connectivity index (χ2v) is 3.75. The van der Waals surface area contributed by atoms with Crippen LogP contribution in [0.5, 0.6) is 0 Å². The number of nitrogens with one attached hydrogen (secondary N) is 1. The number of halogens is 1. The molecular formula is C8H15FN2. The predicted octanol–water partition coefficient (Wildman–Crippen LogP) is 0.390. The third-order valence-electron chi connectivity index (χ3n) is 2.69. The average Bonchev–Trinajstić information content (AvgIpc) is 2.27. The van der Waals surface area contributed by atoms with E-state index in [1.165, 1.54) is 0 Å². The number of rotatable bonds is 0. The molecular weight excluding hydrogens is 143 g/mol. The number of fused-ring (bicyclic) bond motifs is 1. The van der Waals surface area contributed by atoms with Gasteiger partial charge in [0.1, 0.15) is 6.17 Å². The predicted molar refractivity (Wildman–Crippen MR) is 42.3 cm³/mol. The Balaban J connectivity index is 1.97. The van der Waals surface area contributed by atoms with E-state index in [0.29, 0.717) is 18.6 Å². The minimum absolute atomic E-state index is 0.473. The van der Waals surface area contributed by atoms with E-state index in [-0.39, 0.29) is 0 Å². The van der Waals surface area contributed by atoms with Crippen LogP contribution in [0, 0.1) is 0 Å². The van der Waals surface area contributed by atoms with E-state index in [1.54, 1.807) is 0 Å². The zero-order valence-corrected chi connectivity index (χ0v) is 6.89. The second kappa shape index (κ2) is 2.72. The molecule has 0 amide bonds.